The van der Waals surface area contributed by atoms with Crippen LogP contribution in [-0.4, -0.2) is 61.0 Å². The number of benzene rings is 1. The number of esters is 1. The Labute approximate surface area is 124 Å². The first-order valence-electron chi connectivity index (χ1n) is 7.41. The van der Waals surface area contributed by atoms with Gasteiger partial charge in [-0.3, -0.25) is 9.69 Å². The number of nitrogens with zero attached hydrogens (tertiary/aromatic N) is 2. The number of methoxy groups -OCH3 is 1. The van der Waals surface area contributed by atoms with Crippen molar-refractivity contribution in [3.63, 3.8) is 0 Å². The Morgan fingerprint density at radius 1 is 1.05 bits per heavy atom. The van der Waals surface area contributed by atoms with Crippen molar-refractivity contribution < 1.29 is 14.3 Å². The number of rotatable bonds is 3. The quantitative estimate of drug-likeness (QED) is 0.789. The Balaban J connectivity index is 1.57. The van der Waals surface area contributed by atoms with Crippen LogP contribution in [0.2, 0.25) is 0 Å². The normalized spacial score (nSPS) is 19.4. The first-order valence-corrected chi connectivity index (χ1v) is 7.41. The Morgan fingerprint density at radius 2 is 1.62 bits per heavy atom. The molecule has 2 aliphatic rings. The summed E-state index contributed by atoms with van der Waals surface area (Å²) in [5, 5.41) is 0. The second-order valence-corrected chi connectivity index (χ2v) is 5.68. The van der Waals surface area contributed by atoms with E-state index in [9.17, 15) is 9.59 Å². The summed E-state index contributed by atoms with van der Waals surface area (Å²) in [6.07, 6.45) is 2.55. The first-order chi connectivity index (χ1) is 10.2. The van der Waals surface area contributed by atoms with E-state index in [0.717, 1.165) is 13.1 Å². The van der Waals surface area contributed by atoms with Gasteiger partial charge in [-0.15, -0.1) is 0 Å². The van der Waals surface area contributed by atoms with Gasteiger partial charge in [0.15, 0.2) is 0 Å². The maximum Gasteiger partial charge on any atom is 0.337 e. The van der Waals surface area contributed by atoms with E-state index < -0.39 is 0 Å². The maximum atomic E-state index is 12.3. The zero-order valence-corrected chi connectivity index (χ0v) is 12.2. The maximum absolute atomic E-state index is 12.3. The minimum atomic E-state index is -0.382. The number of ether oxygens (including phenoxy) is 1. The molecule has 2 heterocycles. The molecule has 3 rings (SSSR count). The van der Waals surface area contributed by atoms with Crippen molar-refractivity contribution in [1.82, 2.24) is 9.80 Å². The van der Waals surface area contributed by atoms with Gasteiger partial charge in [0.1, 0.15) is 0 Å². The molecular formula is C16H20N2O3. The van der Waals surface area contributed by atoms with Crippen LogP contribution >= 0.6 is 0 Å². The van der Waals surface area contributed by atoms with Gasteiger partial charge in [0.25, 0.3) is 5.91 Å². The molecule has 1 amide bonds. The van der Waals surface area contributed by atoms with Gasteiger partial charge < -0.3 is 9.64 Å². The minimum Gasteiger partial charge on any atom is -0.465 e. The van der Waals surface area contributed by atoms with Crippen molar-refractivity contribution >= 4 is 11.9 Å². The van der Waals surface area contributed by atoms with Crippen LogP contribution in [0.15, 0.2) is 24.3 Å². The van der Waals surface area contributed by atoms with Crippen molar-refractivity contribution in [2.24, 2.45) is 0 Å². The van der Waals surface area contributed by atoms with Crippen LogP contribution in [0.1, 0.15) is 33.6 Å². The second-order valence-electron chi connectivity index (χ2n) is 5.68. The molecule has 21 heavy (non-hydrogen) atoms. The van der Waals surface area contributed by atoms with E-state index in [1.165, 1.54) is 33.0 Å². The monoisotopic (exact) mass is 288 g/mol. The largest absolute Gasteiger partial charge is 0.465 e. The van der Waals surface area contributed by atoms with E-state index in [-0.39, 0.29) is 11.9 Å². The number of hydrogen-bond acceptors (Lipinski definition) is 4. The van der Waals surface area contributed by atoms with E-state index >= 15 is 0 Å². The highest BCUT2D eigenvalue weighted by atomic mass is 16.5. The van der Waals surface area contributed by atoms with Crippen LogP contribution in [-0.2, 0) is 4.74 Å². The molecule has 2 aliphatic heterocycles. The topological polar surface area (TPSA) is 49.9 Å². The average molecular weight is 288 g/mol. The fraction of sp³-hybridized carbons (Fsp3) is 0.500. The smallest absolute Gasteiger partial charge is 0.337 e. The van der Waals surface area contributed by atoms with Gasteiger partial charge in [-0.2, -0.15) is 0 Å². The lowest BCUT2D eigenvalue weighted by atomic mass is 10.0. The van der Waals surface area contributed by atoms with E-state index in [4.69, 9.17) is 0 Å². The SMILES string of the molecule is COC(=O)c1ccc(C(=O)N2CC(N3CCCC3)C2)cc1. The predicted molar refractivity (Wildman–Crippen MR) is 78.3 cm³/mol. The van der Waals surface area contributed by atoms with Crippen LogP contribution in [0, 0.1) is 0 Å². The number of carbonyl (C=O) groups excluding carboxylic acids is 2. The van der Waals surface area contributed by atoms with E-state index in [2.05, 4.69) is 9.64 Å². The Hall–Kier alpha value is -1.88. The number of likely N-dealkylation sites (tertiary alicyclic amines) is 2. The number of amides is 1. The summed E-state index contributed by atoms with van der Waals surface area (Å²) in [5.41, 5.74) is 1.09. The van der Waals surface area contributed by atoms with Crippen LogP contribution in [0.4, 0.5) is 0 Å². The highest BCUT2D eigenvalue weighted by Crippen LogP contribution is 2.22. The molecule has 0 bridgehead atoms. The van der Waals surface area contributed by atoms with E-state index in [1.807, 2.05) is 4.90 Å². The molecule has 1 aromatic carbocycles. The summed E-state index contributed by atoms with van der Waals surface area (Å²) < 4.78 is 4.65. The van der Waals surface area contributed by atoms with Gasteiger partial charge >= 0.3 is 5.97 Å². The van der Waals surface area contributed by atoms with Gasteiger partial charge in [-0.25, -0.2) is 4.79 Å². The summed E-state index contributed by atoms with van der Waals surface area (Å²) in [6, 6.07) is 7.19. The fourth-order valence-corrected chi connectivity index (χ4v) is 3.01. The molecule has 1 aromatic rings. The molecule has 5 heteroatoms. The van der Waals surface area contributed by atoms with Crippen molar-refractivity contribution in [3.8, 4) is 0 Å². The van der Waals surface area contributed by atoms with Crippen LogP contribution in [0.25, 0.3) is 0 Å². The minimum absolute atomic E-state index is 0.0434. The van der Waals surface area contributed by atoms with Crippen molar-refractivity contribution in [2.45, 2.75) is 18.9 Å². The Kier molecular flexibility index (Phi) is 3.92. The lowest BCUT2D eigenvalue weighted by Gasteiger charge is -2.44. The van der Waals surface area contributed by atoms with Gasteiger partial charge in [0, 0.05) is 24.7 Å². The molecule has 0 atom stereocenters. The van der Waals surface area contributed by atoms with Gasteiger partial charge in [-0.05, 0) is 50.2 Å². The molecule has 0 aliphatic carbocycles. The van der Waals surface area contributed by atoms with Crippen LogP contribution < -0.4 is 0 Å². The fourth-order valence-electron chi connectivity index (χ4n) is 3.01. The Bertz CT molecular complexity index is 529. The number of hydrogen-bond donors (Lipinski definition) is 0. The zero-order chi connectivity index (χ0) is 14.8. The lowest BCUT2D eigenvalue weighted by molar-refractivity contribution is 0.0334. The first kappa shape index (κ1) is 14.1. The summed E-state index contributed by atoms with van der Waals surface area (Å²) in [6.45, 7) is 3.97. The Morgan fingerprint density at radius 3 is 2.19 bits per heavy atom. The molecular weight excluding hydrogens is 268 g/mol. The molecule has 2 saturated heterocycles. The molecule has 0 unspecified atom stereocenters. The molecule has 2 fully saturated rings. The third-order valence-electron chi connectivity index (χ3n) is 4.36. The van der Waals surface area contributed by atoms with E-state index in [0.29, 0.717) is 17.2 Å². The standard InChI is InChI=1S/C16H20N2O3/c1-21-16(20)13-6-4-12(5-7-13)15(19)18-10-14(11-18)17-8-2-3-9-17/h4-7,14H,2-3,8-11H2,1H3. The molecule has 0 saturated carbocycles. The highest BCUT2D eigenvalue weighted by Gasteiger charge is 2.35. The van der Waals surface area contributed by atoms with Gasteiger partial charge in [0.05, 0.1) is 12.7 Å². The molecule has 0 aromatic heterocycles. The average Bonchev–Trinajstić information content (AvgIpc) is 2.99. The van der Waals surface area contributed by atoms with Gasteiger partial charge in [0.2, 0.25) is 0 Å². The van der Waals surface area contributed by atoms with Crippen LogP contribution in [0.5, 0.6) is 0 Å². The van der Waals surface area contributed by atoms with Crippen molar-refractivity contribution in [1.29, 1.82) is 0 Å². The predicted octanol–water partition coefficient (Wildman–Crippen LogP) is 1.39. The number of carbonyl (C=O) groups is 2. The van der Waals surface area contributed by atoms with Crippen molar-refractivity contribution in [3.05, 3.63) is 35.4 Å². The molecule has 0 spiro atoms. The highest BCUT2D eigenvalue weighted by molar-refractivity contribution is 5.96. The second kappa shape index (κ2) is 5.85. The van der Waals surface area contributed by atoms with Gasteiger partial charge in [-0.1, -0.05) is 0 Å². The van der Waals surface area contributed by atoms with Crippen molar-refractivity contribution in [2.75, 3.05) is 33.3 Å². The summed E-state index contributed by atoms with van der Waals surface area (Å²) in [7, 11) is 1.35. The lowest BCUT2D eigenvalue weighted by Crippen LogP contribution is -2.60. The van der Waals surface area contributed by atoms with Crippen LogP contribution in [0.3, 0.4) is 0 Å². The summed E-state index contributed by atoms with van der Waals surface area (Å²) in [4.78, 5) is 28.0. The molecule has 5 nitrogen and oxygen atoms in total. The third kappa shape index (κ3) is 2.78. The summed E-state index contributed by atoms with van der Waals surface area (Å²) in [5.74, 6) is -0.339. The van der Waals surface area contributed by atoms with E-state index in [1.54, 1.807) is 24.3 Å². The molecule has 0 radical (unpaired) electrons. The molecule has 0 N–H and O–H groups in total. The zero-order valence-electron chi connectivity index (χ0n) is 12.2. The third-order valence-corrected chi connectivity index (χ3v) is 4.36. The summed E-state index contributed by atoms with van der Waals surface area (Å²) >= 11 is 0. The molecule has 112 valence electrons.